The predicted molar refractivity (Wildman–Crippen MR) is 88.9 cm³/mol. The van der Waals surface area contributed by atoms with Gasteiger partial charge in [0.25, 0.3) is 0 Å². The van der Waals surface area contributed by atoms with E-state index in [0.29, 0.717) is 17.4 Å². The van der Waals surface area contributed by atoms with Crippen molar-refractivity contribution in [3.8, 4) is 22.9 Å². The van der Waals surface area contributed by atoms with Crippen molar-refractivity contribution >= 4 is 11.8 Å². The molecule has 2 aromatic heterocycles. The molecule has 1 saturated heterocycles. The van der Waals surface area contributed by atoms with Gasteiger partial charge in [-0.05, 0) is 18.2 Å². The second-order valence-electron chi connectivity index (χ2n) is 5.34. The average molecular weight is 350 g/mol. The molecule has 0 bridgehead atoms. The molecule has 1 fully saturated rings. The monoisotopic (exact) mass is 350 g/mol. The maximum absolute atomic E-state index is 9.95. The van der Waals surface area contributed by atoms with Gasteiger partial charge in [-0.3, -0.25) is 4.98 Å². The second-order valence-corrected chi connectivity index (χ2v) is 6.47. The van der Waals surface area contributed by atoms with Crippen LogP contribution in [0.4, 0.5) is 0 Å². The summed E-state index contributed by atoms with van der Waals surface area (Å²) >= 11 is 1.25. The Hall–Kier alpha value is -1.87. The van der Waals surface area contributed by atoms with Crippen LogP contribution in [0.3, 0.4) is 0 Å². The summed E-state index contributed by atoms with van der Waals surface area (Å²) < 4.78 is 10.7. The zero-order valence-corrected chi connectivity index (χ0v) is 13.8. The van der Waals surface area contributed by atoms with E-state index in [-0.39, 0.29) is 0 Å². The van der Waals surface area contributed by atoms with Crippen LogP contribution in [-0.2, 0) is 0 Å². The Morgan fingerprint density at radius 2 is 1.88 bits per heavy atom. The molecule has 2 aromatic rings. The van der Waals surface area contributed by atoms with Crippen LogP contribution < -0.4 is 9.47 Å². The fraction of sp³-hybridized carbons (Fsp3) is 0.375. The molecule has 4 atom stereocenters. The average Bonchev–Trinajstić information content (AvgIpc) is 2.63. The van der Waals surface area contributed by atoms with Gasteiger partial charge < -0.3 is 24.8 Å². The van der Waals surface area contributed by atoms with Gasteiger partial charge in [0.05, 0.1) is 25.1 Å². The van der Waals surface area contributed by atoms with Crippen LogP contribution in [-0.4, -0.2) is 61.9 Å². The van der Waals surface area contributed by atoms with Gasteiger partial charge >= 0.3 is 0 Å². The molecule has 0 amide bonds. The summed E-state index contributed by atoms with van der Waals surface area (Å²) in [5.41, 5.74) is 0.913. The molecule has 24 heavy (non-hydrogen) atoms. The Labute approximate surface area is 143 Å². The molecule has 3 N–H and O–H groups in total. The second kappa shape index (κ2) is 7.35. The lowest BCUT2D eigenvalue weighted by molar-refractivity contribution is -0.0786. The molecule has 0 saturated carbocycles. The predicted octanol–water partition coefficient (Wildman–Crippen LogP) is 0.687. The van der Waals surface area contributed by atoms with Crippen molar-refractivity contribution in [3.63, 3.8) is 0 Å². The third-order valence-electron chi connectivity index (χ3n) is 3.68. The van der Waals surface area contributed by atoms with Crippen molar-refractivity contribution in [2.45, 2.75) is 23.7 Å². The summed E-state index contributed by atoms with van der Waals surface area (Å²) in [5.74, 6) is 1.30. The van der Waals surface area contributed by atoms with Gasteiger partial charge in [0.2, 0.25) is 5.88 Å². The molecule has 3 rings (SSSR count). The van der Waals surface area contributed by atoms with E-state index in [1.165, 1.54) is 11.8 Å². The smallest absolute Gasteiger partial charge is 0.212 e. The van der Waals surface area contributed by atoms with Crippen LogP contribution in [0.25, 0.3) is 11.3 Å². The number of ether oxygens (including phenoxy) is 2. The van der Waals surface area contributed by atoms with Crippen LogP contribution in [0.1, 0.15) is 0 Å². The lowest BCUT2D eigenvalue weighted by Gasteiger charge is -2.34. The topological polar surface area (TPSA) is 105 Å². The Kier molecular flexibility index (Phi) is 5.20. The van der Waals surface area contributed by atoms with E-state index in [4.69, 9.17) is 9.47 Å². The SMILES string of the molecule is COc1ccc(-c2ccc(O[C@@H]3SC[C@@H](O)[C@H](O)[C@H]3O)cn2)cn1. The quantitative estimate of drug-likeness (QED) is 0.740. The number of thioether (sulfide) groups is 1. The number of aromatic nitrogens is 2. The lowest BCUT2D eigenvalue weighted by atomic mass is 10.1. The zero-order valence-electron chi connectivity index (χ0n) is 12.9. The van der Waals surface area contributed by atoms with E-state index in [1.54, 1.807) is 37.7 Å². The van der Waals surface area contributed by atoms with Gasteiger partial charge in [0.15, 0.2) is 5.44 Å². The van der Waals surface area contributed by atoms with Crippen LogP contribution in [0.5, 0.6) is 11.6 Å². The molecule has 3 heterocycles. The van der Waals surface area contributed by atoms with E-state index in [2.05, 4.69) is 9.97 Å². The highest BCUT2D eigenvalue weighted by molar-refractivity contribution is 7.99. The van der Waals surface area contributed by atoms with E-state index in [0.717, 1.165) is 11.3 Å². The first-order chi connectivity index (χ1) is 11.6. The summed E-state index contributed by atoms with van der Waals surface area (Å²) in [4.78, 5) is 8.45. The Morgan fingerprint density at radius 1 is 1.04 bits per heavy atom. The van der Waals surface area contributed by atoms with Gasteiger partial charge in [-0.2, -0.15) is 0 Å². The van der Waals surface area contributed by atoms with Crippen molar-refractivity contribution in [1.29, 1.82) is 0 Å². The fourth-order valence-corrected chi connectivity index (χ4v) is 3.41. The number of aliphatic hydroxyl groups is 3. The standard InChI is InChI=1S/C16H18N2O5S/c1-22-13-5-2-9(6-18-13)11-4-3-10(7-17-11)23-16-15(21)14(20)12(19)8-24-16/h2-7,12,14-16,19-21H,8H2,1H3/t12-,14+,15-,16-/m1/s1. The molecule has 1 aliphatic heterocycles. The summed E-state index contributed by atoms with van der Waals surface area (Å²) in [6, 6.07) is 7.12. The first-order valence-corrected chi connectivity index (χ1v) is 8.42. The number of hydrogen-bond acceptors (Lipinski definition) is 8. The van der Waals surface area contributed by atoms with Crippen molar-refractivity contribution in [1.82, 2.24) is 9.97 Å². The molecule has 0 unspecified atom stereocenters. The molecule has 0 spiro atoms. The zero-order chi connectivity index (χ0) is 17.1. The van der Waals surface area contributed by atoms with Gasteiger partial charge in [-0.15, -0.1) is 11.8 Å². The lowest BCUT2D eigenvalue weighted by Crippen LogP contribution is -2.50. The third-order valence-corrected chi connectivity index (χ3v) is 4.92. The minimum atomic E-state index is -1.21. The number of pyridine rings is 2. The highest BCUT2D eigenvalue weighted by Crippen LogP contribution is 2.29. The molecule has 1 aliphatic rings. The summed E-state index contributed by atoms with van der Waals surface area (Å²) in [6.07, 6.45) is -0.115. The molecule has 128 valence electrons. The van der Waals surface area contributed by atoms with Gasteiger partial charge in [0.1, 0.15) is 18.0 Å². The van der Waals surface area contributed by atoms with E-state index >= 15 is 0 Å². The summed E-state index contributed by atoms with van der Waals surface area (Å²) in [5, 5.41) is 29.2. The highest BCUT2D eigenvalue weighted by Gasteiger charge is 2.38. The first kappa shape index (κ1) is 17.0. The number of hydrogen-bond donors (Lipinski definition) is 3. The van der Waals surface area contributed by atoms with Gasteiger partial charge in [-0.25, -0.2) is 4.98 Å². The number of methoxy groups -OCH3 is 1. The Bertz CT molecular complexity index is 667. The normalized spacial score (nSPS) is 26.8. The maximum Gasteiger partial charge on any atom is 0.212 e. The molecule has 8 heteroatoms. The highest BCUT2D eigenvalue weighted by atomic mass is 32.2. The van der Waals surface area contributed by atoms with Crippen LogP contribution in [0, 0.1) is 0 Å². The minimum Gasteiger partial charge on any atom is -0.481 e. The fourth-order valence-electron chi connectivity index (χ4n) is 2.29. The number of aliphatic hydroxyl groups excluding tert-OH is 3. The summed E-state index contributed by atoms with van der Waals surface area (Å²) in [7, 11) is 1.56. The van der Waals surface area contributed by atoms with E-state index in [1.807, 2.05) is 6.07 Å². The van der Waals surface area contributed by atoms with E-state index < -0.39 is 23.7 Å². The molecular weight excluding hydrogens is 332 g/mol. The van der Waals surface area contributed by atoms with Crippen molar-refractivity contribution in [3.05, 3.63) is 36.7 Å². The third kappa shape index (κ3) is 3.62. The van der Waals surface area contributed by atoms with Crippen LogP contribution >= 0.6 is 11.8 Å². The molecular formula is C16H18N2O5S. The van der Waals surface area contributed by atoms with Crippen LogP contribution in [0.2, 0.25) is 0 Å². The minimum absolute atomic E-state index is 0.298. The van der Waals surface area contributed by atoms with Crippen LogP contribution in [0.15, 0.2) is 36.7 Å². The first-order valence-electron chi connectivity index (χ1n) is 7.37. The number of rotatable bonds is 4. The van der Waals surface area contributed by atoms with Crippen molar-refractivity contribution < 1.29 is 24.8 Å². The Balaban J connectivity index is 1.68. The van der Waals surface area contributed by atoms with E-state index in [9.17, 15) is 15.3 Å². The molecule has 0 aliphatic carbocycles. The molecule has 0 aromatic carbocycles. The van der Waals surface area contributed by atoms with Crippen molar-refractivity contribution in [2.75, 3.05) is 12.9 Å². The van der Waals surface area contributed by atoms with Crippen molar-refractivity contribution in [2.24, 2.45) is 0 Å². The van der Waals surface area contributed by atoms with Gasteiger partial charge in [-0.1, -0.05) is 0 Å². The Morgan fingerprint density at radius 3 is 2.50 bits per heavy atom. The molecule has 7 nitrogen and oxygen atoms in total. The largest absolute Gasteiger partial charge is 0.481 e. The molecule has 0 radical (unpaired) electrons. The summed E-state index contributed by atoms with van der Waals surface area (Å²) in [6.45, 7) is 0. The maximum atomic E-state index is 9.95. The number of nitrogens with zero attached hydrogens (tertiary/aromatic N) is 2. The van der Waals surface area contributed by atoms with Gasteiger partial charge in [0, 0.05) is 23.6 Å².